The van der Waals surface area contributed by atoms with Gasteiger partial charge in [-0.2, -0.15) is 5.10 Å². The molecule has 0 radical (unpaired) electrons. The minimum atomic E-state index is -0.219. The smallest absolute Gasteiger partial charge is 0.272 e. The van der Waals surface area contributed by atoms with Gasteiger partial charge in [-0.15, -0.1) is 0 Å². The van der Waals surface area contributed by atoms with Crippen LogP contribution in [-0.2, 0) is 32.6 Å². The lowest BCUT2D eigenvalue weighted by Crippen LogP contribution is -2.32. The molecule has 0 aliphatic carbocycles. The average Bonchev–Trinajstić information content (AvgIpc) is 3.27. The molecule has 0 atom stereocenters. The lowest BCUT2D eigenvalue weighted by atomic mass is 10.0. The molecule has 0 saturated heterocycles. The molecule has 0 bridgehead atoms. The number of fused-ring (bicyclic) bond motifs is 2. The topological polar surface area (TPSA) is 98.9 Å². The largest absolute Gasteiger partial charge is 0.347 e. The molecule has 8 nitrogen and oxygen atoms in total. The molecule has 3 aromatic carbocycles. The summed E-state index contributed by atoms with van der Waals surface area (Å²) >= 11 is 12.3. The second-order valence-electron chi connectivity index (χ2n) is 8.98. The summed E-state index contributed by atoms with van der Waals surface area (Å²) in [7, 11) is 0. The van der Waals surface area contributed by atoms with Crippen molar-refractivity contribution in [3.05, 3.63) is 109 Å². The fourth-order valence-electron chi connectivity index (χ4n) is 4.84. The van der Waals surface area contributed by atoms with Gasteiger partial charge in [0.1, 0.15) is 0 Å². The number of benzene rings is 3. The highest BCUT2D eigenvalue weighted by molar-refractivity contribution is 6.42. The van der Waals surface area contributed by atoms with Crippen LogP contribution in [0.15, 0.2) is 65.8 Å². The third kappa shape index (κ3) is 5.58. The summed E-state index contributed by atoms with van der Waals surface area (Å²) in [5.41, 5.74) is 13.1. The Morgan fingerprint density at radius 3 is 2.78 bits per heavy atom. The Balaban J connectivity index is 1.38. The second kappa shape index (κ2) is 11.2. The first-order valence-electron chi connectivity index (χ1n) is 12.0. The third-order valence-electron chi connectivity index (χ3n) is 6.61. The average molecular weight is 534 g/mol. The molecule has 2 heterocycles. The third-order valence-corrected chi connectivity index (χ3v) is 7.35. The van der Waals surface area contributed by atoms with Gasteiger partial charge in [0.2, 0.25) is 0 Å². The van der Waals surface area contributed by atoms with Crippen molar-refractivity contribution in [2.45, 2.75) is 32.6 Å². The molecule has 10 heteroatoms. The van der Waals surface area contributed by atoms with Crippen molar-refractivity contribution < 1.29 is 4.79 Å². The molecule has 0 spiro atoms. The van der Waals surface area contributed by atoms with Gasteiger partial charge in [0.05, 0.1) is 10.0 Å². The molecule has 1 aliphatic heterocycles. The fraction of sp³-hybridized carbons (Fsp3) is 0.259. The maximum absolute atomic E-state index is 13.4. The van der Waals surface area contributed by atoms with E-state index in [0.717, 1.165) is 46.1 Å². The number of hydrogen-bond acceptors (Lipinski definition) is 4. The van der Waals surface area contributed by atoms with Gasteiger partial charge in [0.25, 0.3) is 5.91 Å². The molecule has 1 aliphatic rings. The van der Waals surface area contributed by atoms with Gasteiger partial charge in [0.15, 0.2) is 5.69 Å². The molecule has 1 N–H and O–H groups in total. The molecular weight excluding hydrogens is 509 g/mol. The number of nitrogens with zero attached hydrogens (tertiary/aromatic N) is 6. The van der Waals surface area contributed by atoms with Crippen LogP contribution in [0.4, 0.5) is 0 Å². The van der Waals surface area contributed by atoms with Crippen LogP contribution in [0, 0.1) is 0 Å². The molecule has 5 rings (SSSR count). The molecule has 0 saturated carbocycles. The van der Waals surface area contributed by atoms with Crippen molar-refractivity contribution in [2.24, 2.45) is 5.11 Å². The van der Waals surface area contributed by atoms with Crippen molar-refractivity contribution in [3.63, 3.8) is 0 Å². The van der Waals surface area contributed by atoms with Crippen molar-refractivity contribution in [3.8, 4) is 0 Å². The Morgan fingerprint density at radius 1 is 1.11 bits per heavy atom. The van der Waals surface area contributed by atoms with E-state index in [1.165, 1.54) is 0 Å². The molecular formula is C27H25Cl2N7O. The van der Waals surface area contributed by atoms with Crippen LogP contribution in [0.3, 0.4) is 0 Å². The van der Waals surface area contributed by atoms with E-state index < -0.39 is 0 Å². The zero-order valence-electron chi connectivity index (χ0n) is 20.1. The van der Waals surface area contributed by atoms with Gasteiger partial charge >= 0.3 is 0 Å². The van der Waals surface area contributed by atoms with Crippen LogP contribution in [0.25, 0.3) is 21.2 Å². The Hall–Kier alpha value is -3.55. The molecule has 1 amide bonds. The normalized spacial score (nSPS) is 13.2. The van der Waals surface area contributed by atoms with E-state index >= 15 is 0 Å². The van der Waals surface area contributed by atoms with E-state index in [1.54, 1.807) is 6.07 Å². The van der Waals surface area contributed by atoms with Crippen LogP contribution in [0.2, 0.25) is 10.0 Å². The number of amides is 1. The zero-order valence-corrected chi connectivity index (χ0v) is 21.6. The second-order valence-corrected chi connectivity index (χ2v) is 9.80. The van der Waals surface area contributed by atoms with E-state index in [4.69, 9.17) is 28.7 Å². The first kappa shape index (κ1) is 25.1. The molecule has 37 heavy (non-hydrogen) atoms. The SMILES string of the molecule is [N-]=[N+]=NCCn1nc(C(=O)NCc2cccc3ccccc23)c2c1CCN(Cc1ccc(Cl)c(Cl)c1)C2. The number of azide groups is 1. The Labute approximate surface area is 224 Å². The number of hydrogen-bond donors (Lipinski definition) is 1. The highest BCUT2D eigenvalue weighted by atomic mass is 35.5. The Kier molecular flexibility index (Phi) is 7.63. The number of halogens is 2. The van der Waals surface area contributed by atoms with E-state index in [-0.39, 0.29) is 12.5 Å². The highest BCUT2D eigenvalue weighted by Crippen LogP contribution is 2.27. The predicted octanol–water partition coefficient (Wildman–Crippen LogP) is 6.14. The summed E-state index contributed by atoms with van der Waals surface area (Å²) in [5, 5.41) is 14.7. The van der Waals surface area contributed by atoms with E-state index in [9.17, 15) is 4.79 Å². The van der Waals surface area contributed by atoms with Gasteiger partial charge < -0.3 is 5.32 Å². The Bertz CT molecular complexity index is 1500. The lowest BCUT2D eigenvalue weighted by molar-refractivity contribution is 0.0943. The summed E-state index contributed by atoms with van der Waals surface area (Å²) < 4.78 is 1.81. The summed E-state index contributed by atoms with van der Waals surface area (Å²) in [6, 6.07) is 19.8. The first-order valence-corrected chi connectivity index (χ1v) is 12.8. The number of nitrogens with one attached hydrogen (secondary N) is 1. The molecule has 4 aromatic rings. The maximum atomic E-state index is 13.4. The van der Waals surface area contributed by atoms with Gasteiger partial charge in [0, 0.05) is 61.9 Å². The minimum absolute atomic E-state index is 0.219. The molecule has 188 valence electrons. The molecule has 0 fully saturated rings. The summed E-state index contributed by atoms with van der Waals surface area (Å²) in [5.74, 6) is -0.219. The van der Waals surface area contributed by atoms with Crippen molar-refractivity contribution in [1.82, 2.24) is 20.0 Å². The zero-order chi connectivity index (χ0) is 25.8. The lowest BCUT2D eigenvalue weighted by Gasteiger charge is -2.28. The maximum Gasteiger partial charge on any atom is 0.272 e. The van der Waals surface area contributed by atoms with Gasteiger partial charge in [-0.3, -0.25) is 14.4 Å². The van der Waals surface area contributed by atoms with Crippen molar-refractivity contribution in [1.29, 1.82) is 0 Å². The van der Waals surface area contributed by atoms with Crippen LogP contribution in [-0.4, -0.2) is 33.7 Å². The van der Waals surface area contributed by atoms with Crippen LogP contribution < -0.4 is 5.32 Å². The highest BCUT2D eigenvalue weighted by Gasteiger charge is 2.28. The van der Waals surface area contributed by atoms with Crippen molar-refractivity contribution >= 4 is 39.9 Å². The number of carbonyl (C=O) groups excluding carboxylic acids is 1. The summed E-state index contributed by atoms with van der Waals surface area (Å²) in [4.78, 5) is 18.5. The monoisotopic (exact) mass is 533 g/mol. The molecule has 1 aromatic heterocycles. The fourth-order valence-corrected chi connectivity index (χ4v) is 5.16. The van der Waals surface area contributed by atoms with Crippen LogP contribution in [0.5, 0.6) is 0 Å². The van der Waals surface area contributed by atoms with Gasteiger partial charge in [-0.05, 0) is 39.6 Å². The van der Waals surface area contributed by atoms with Crippen LogP contribution in [0.1, 0.15) is 32.9 Å². The number of aromatic nitrogens is 2. The Morgan fingerprint density at radius 2 is 1.95 bits per heavy atom. The molecule has 0 unspecified atom stereocenters. The first-order chi connectivity index (χ1) is 18.0. The standard InChI is InChI=1S/C27H25Cl2N7O/c28-23-9-8-18(14-24(23)29)16-35-12-10-25-22(17-35)26(33-36(25)13-11-32-34-30)27(37)31-15-20-6-3-5-19-4-1-2-7-21(19)20/h1-9,14H,10-13,15-17H2,(H,31,37). The van der Waals surface area contributed by atoms with Gasteiger partial charge in [-0.1, -0.05) is 76.8 Å². The summed E-state index contributed by atoms with van der Waals surface area (Å²) in [6.45, 7) is 3.15. The van der Waals surface area contributed by atoms with Gasteiger partial charge in [-0.25, -0.2) is 0 Å². The van der Waals surface area contributed by atoms with E-state index in [1.807, 2.05) is 41.1 Å². The van der Waals surface area contributed by atoms with Crippen molar-refractivity contribution in [2.75, 3.05) is 13.1 Å². The summed E-state index contributed by atoms with van der Waals surface area (Å²) in [6.07, 6.45) is 0.733. The quantitative estimate of drug-likeness (QED) is 0.167. The predicted molar refractivity (Wildman–Crippen MR) is 146 cm³/mol. The van der Waals surface area contributed by atoms with Crippen LogP contribution >= 0.6 is 23.2 Å². The number of carbonyl (C=O) groups is 1. The van der Waals surface area contributed by atoms with E-state index in [2.05, 4.69) is 43.5 Å². The van der Waals surface area contributed by atoms with E-state index in [0.29, 0.717) is 41.9 Å². The minimum Gasteiger partial charge on any atom is -0.347 e. The number of rotatable bonds is 8.